The number of carbonyl (C=O) groups excluding carboxylic acids is 1. The lowest BCUT2D eigenvalue weighted by atomic mass is 9.84. The van der Waals surface area contributed by atoms with Crippen LogP contribution < -0.4 is 11.1 Å². The number of nitrogens with one attached hydrogen (secondary N) is 1. The quantitative estimate of drug-likeness (QED) is 0.873. The van der Waals surface area contributed by atoms with E-state index >= 15 is 0 Å². The first-order chi connectivity index (χ1) is 9.11. The van der Waals surface area contributed by atoms with Gasteiger partial charge in [-0.1, -0.05) is 12.8 Å². The van der Waals surface area contributed by atoms with E-state index in [9.17, 15) is 4.79 Å². The molecular formula is C15H23N3O. The summed E-state index contributed by atoms with van der Waals surface area (Å²) >= 11 is 0. The van der Waals surface area contributed by atoms with Gasteiger partial charge in [-0.3, -0.25) is 9.78 Å². The van der Waals surface area contributed by atoms with Gasteiger partial charge in [0.1, 0.15) is 0 Å². The number of pyridine rings is 1. The Morgan fingerprint density at radius 2 is 2.11 bits per heavy atom. The highest BCUT2D eigenvalue weighted by Gasteiger charge is 2.26. The predicted octanol–water partition coefficient (Wildman–Crippen LogP) is 1.95. The number of rotatable bonds is 3. The Morgan fingerprint density at radius 1 is 1.37 bits per heavy atom. The van der Waals surface area contributed by atoms with Gasteiger partial charge in [-0.25, -0.2) is 0 Å². The highest BCUT2D eigenvalue weighted by atomic mass is 16.1. The summed E-state index contributed by atoms with van der Waals surface area (Å²) < 4.78 is 0. The Hall–Kier alpha value is -1.42. The zero-order valence-electron chi connectivity index (χ0n) is 11.8. The summed E-state index contributed by atoms with van der Waals surface area (Å²) in [6.07, 6.45) is 4.55. The van der Waals surface area contributed by atoms with Gasteiger partial charge in [-0.2, -0.15) is 0 Å². The first-order valence-electron chi connectivity index (χ1n) is 7.07. The number of amides is 1. The summed E-state index contributed by atoms with van der Waals surface area (Å²) in [6.45, 7) is 4.46. The number of nitrogens with two attached hydrogens (primary N) is 1. The van der Waals surface area contributed by atoms with Crippen LogP contribution >= 0.6 is 0 Å². The highest BCUT2D eigenvalue weighted by Crippen LogP contribution is 2.24. The predicted molar refractivity (Wildman–Crippen MR) is 76.0 cm³/mol. The molecule has 2 atom stereocenters. The Morgan fingerprint density at radius 3 is 2.79 bits per heavy atom. The van der Waals surface area contributed by atoms with Crippen molar-refractivity contribution in [2.75, 3.05) is 6.54 Å². The molecule has 0 bridgehead atoms. The van der Waals surface area contributed by atoms with Crippen LogP contribution in [0.25, 0.3) is 0 Å². The van der Waals surface area contributed by atoms with Crippen LogP contribution in [0.2, 0.25) is 0 Å². The van der Waals surface area contributed by atoms with Gasteiger partial charge >= 0.3 is 0 Å². The number of carbonyl (C=O) groups is 1. The van der Waals surface area contributed by atoms with E-state index in [1.165, 1.54) is 12.8 Å². The second-order valence-corrected chi connectivity index (χ2v) is 5.45. The molecule has 104 valence electrons. The minimum Gasteiger partial charge on any atom is -0.349 e. The van der Waals surface area contributed by atoms with Crippen LogP contribution in [0.15, 0.2) is 12.1 Å². The average Bonchev–Trinajstić information content (AvgIpc) is 2.39. The van der Waals surface area contributed by atoms with Crippen LogP contribution in [0.1, 0.15) is 47.4 Å². The summed E-state index contributed by atoms with van der Waals surface area (Å²) in [5.74, 6) is 0.395. The maximum absolute atomic E-state index is 12.3. The standard InChI is InChI=1S/C15H23N3O/c1-10-7-8-13(11(2)17-10)15(19)18-14-6-4-3-5-12(14)9-16/h7-8,12,14H,3-6,9,16H2,1-2H3,(H,18,19). The van der Waals surface area contributed by atoms with Crippen molar-refractivity contribution in [3.63, 3.8) is 0 Å². The van der Waals surface area contributed by atoms with E-state index in [2.05, 4.69) is 10.3 Å². The van der Waals surface area contributed by atoms with E-state index in [1.807, 2.05) is 26.0 Å². The Bertz CT molecular complexity index is 459. The fourth-order valence-corrected chi connectivity index (χ4v) is 2.85. The summed E-state index contributed by atoms with van der Waals surface area (Å²) in [5.41, 5.74) is 8.19. The van der Waals surface area contributed by atoms with Gasteiger partial charge in [-0.15, -0.1) is 0 Å². The normalized spacial score (nSPS) is 23.1. The van der Waals surface area contributed by atoms with Crippen molar-refractivity contribution in [1.29, 1.82) is 0 Å². The maximum Gasteiger partial charge on any atom is 0.253 e. The van der Waals surface area contributed by atoms with Crippen LogP contribution in [0, 0.1) is 19.8 Å². The lowest BCUT2D eigenvalue weighted by Gasteiger charge is -2.31. The average molecular weight is 261 g/mol. The Labute approximate surface area is 114 Å². The fourth-order valence-electron chi connectivity index (χ4n) is 2.85. The number of aromatic nitrogens is 1. The van der Waals surface area contributed by atoms with Gasteiger partial charge in [0, 0.05) is 11.7 Å². The third-order valence-electron chi connectivity index (χ3n) is 4.00. The van der Waals surface area contributed by atoms with Gasteiger partial charge in [0.2, 0.25) is 0 Å². The van der Waals surface area contributed by atoms with Gasteiger partial charge in [0.25, 0.3) is 5.91 Å². The van der Waals surface area contributed by atoms with Crippen LogP contribution in [0.4, 0.5) is 0 Å². The Kier molecular flexibility index (Phi) is 4.53. The summed E-state index contributed by atoms with van der Waals surface area (Å²) in [6, 6.07) is 3.95. The lowest BCUT2D eigenvalue weighted by molar-refractivity contribution is 0.0907. The minimum atomic E-state index is -0.0182. The molecule has 0 radical (unpaired) electrons. The van der Waals surface area contributed by atoms with Gasteiger partial charge in [0.15, 0.2) is 0 Å². The lowest BCUT2D eigenvalue weighted by Crippen LogP contribution is -2.44. The summed E-state index contributed by atoms with van der Waals surface area (Å²) in [5, 5.41) is 3.14. The van der Waals surface area contributed by atoms with E-state index in [4.69, 9.17) is 5.73 Å². The molecule has 1 aliphatic carbocycles. The van der Waals surface area contributed by atoms with E-state index < -0.39 is 0 Å². The molecule has 0 spiro atoms. The summed E-state index contributed by atoms with van der Waals surface area (Å²) in [4.78, 5) is 16.7. The van der Waals surface area contributed by atoms with E-state index in [-0.39, 0.29) is 11.9 Å². The van der Waals surface area contributed by atoms with Crippen molar-refractivity contribution in [3.8, 4) is 0 Å². The van der Waals surface area contributed by atoms with Crippen molar-refractivity contribution >= 4 is 5.91 Å². The van der Waals surface area contributed by atoms with Gasteiger partial charge < -0.3 is 11.1 Å². The first-order valence-corrected chi connectivity index (χ1v) is 7.07. The zero-order chi connectivity index (χ0) is 13.8. The number of nitrogens with zero attached hydrogens (tertiary/aromatic N) is 1. The molecule has 4 heteroatoms. The smallest absolute Gasteiger partial charge is 0.253 e. The zero-order valence-corrected chi connectivity index (χ0v) is 11.8. The molecule has 1 fully saturated rings. The van der Waals surface area contributed by atoms with Crippen LogP contribution in [0.5, 0.6) is 0 Å². The molecule has 1 aromatic rings. The molecule has 0 saturated heterocycles. The molecule has 1 aliphatic rings. The molecule has 2 rings (SSSR count). The molecule has 1 aromatic heterocycles. The number of aryl methyl sites for hydroxylation is 2. The molecular weight excluding hydrogens is 238 g/mol. The number of hydrogen-bond acceptors (Lipinski definition) is 3. The fraction of sp³-hybridized carbons (Fsp3) is 0.600. The number of hydrogen-bond donors (Lipinski definition) is 2. The van der Waals surface area contributed by atoms with Gasteiger partial charge in [0.05, 0.1) is 11.3 Å². The second-order valence-electron chi connectivity index (χ2n) is 5.45. The topological polar surface area (TPSA) is 68.0 Å². The van der Waals surface area contributed by atoms with Crippen molar-refractivity contribution < 1.29 is 4.79 Å². The van der Waals surface area contributed by atoms with E-state index in [0.29, 0.717) is 18.0 Å². The third-order valence-corrected chi connectivity index (χ3v) is 4.00. The second kappa shape index (κ2) is 6.15. The Balaban J connectivity index is 2.07. The van der Waals surface area contributed by atoms with Gasteiger partial charge in [-0.05, 0) is 51.3 Å². The molecule has 0 aliphatic heterocycles. The SMILES string of the molecule is Cc1ccc(C(=O)NC2CCCCC2CN)c(C)n1. The molecule has 1 saturated carbocycles. The van der Waals surface area contributed by atoms with E-state index in [1.54, 1.807) is 0 Å². The first kappa shape index (κ1) is 14.0. The third kappa shape index (κ3) is 3.32. The van der Waals surface area contributed by atoms with Crippen molar-refractivity contribution in [2.24, 2.45) is 11.7 Å². The molecule has 2 unspecified atom stereocenters. The highest BCUT2D eigenvalue weighted by molar-refractivity contribution is 5.95. The van der Waals surface area contributed by atoms with E-state index in [0.717, 1.165) is 24.2 Å². The molecule has 3 N–H and O–H groups in total. The van der Waals surface area contributed by atoms with Crippen molar-refractivity contribution in [1.82, 2.24) is 10.3 Å². The van der Waals surface area contributed by atoms with Crippen LogP contribution in [-0.4, -0.2) is 23.5 Å². The maximum atomic E-state index is 12.3. The minimum absolute atomic E-state index is 0.0182. The van der Waals surface area contributed by atoms with Crippen LogP contribution in [-0.2, 0) is 0 Å². The monoisotopic (exact) mass is 261 g/mol. The summed E-state index contributed by atoms with van der Waals surface area (Å²) in [7, 11) is 0. The largest absolute Gasteiger partial charge is 0.349 e. The van der Waals surface area contributed by atoms with Crippen LogP contribution in [0.3, 0.4) is 0 Å². The molecule has 19 heavy (non-hydrogen) atoms. The van der Waals surface area contributed by atoms with Crippen molar-refractivity contribution in [2.45, 2.75) is 45.6 Å². The van der Waals surface area contributed by atoms with Crippen molar-refractivity contribution in [3.05, 3.63) is 29.1 Å². The molecule has 0 aromatic carbocycles. The molecule has 1 heterocycles. The molecule has 4 nitrogen and oxygen atoms in total. The molecule has 1 amide bonds.